The second kappa shape index (κ2) is 6.84. The third kappa shape index (κ3) is 3.61. The average Bonchev–Trinajstić information content (AvgIpc) is 3.43. The molecule has 1 fully saturated rings. The molecule has 0 unspecified atom stereocenters. The Bertz CT molecular complexity index is 1050. The molecule has 0 bridgehead atoms. The maximum Gasteiger partial charge on any atom is 0.416 e. The molecule has 4 rings (SSSR count). The van der Waals surface area contributed by atoms with Gasteiger partial charge in [-0.15, -0.1) is 11.3 Å². The van der Waals surface area contributed by atoms with Gasteiger partial charge in [0.15, 0.2) is 0 Å². The Labute approximate surface area is 163 Å². The molecule has 0 spiro atoms. The van der Waals surface area contributed by atoms with Crippen LogP contribution in [0.25, 0.3) is 10.2 Å². The number of alkyl halides is 3. The molecule has 1 aromatic carbocycles. The van der Waals surface area contributed by atoms with E-state index in [4.69, 9.17) is 0 Å². The number of aryl methyl sites for hydroxylation is 2. The fraction of sp³-hybridized carbons (Fsp3) is 0.350. The lowest BCUT2D eigenvalue weighted by molar-refractivity contribution is -0.137. The van der Waals surface area contributed by atoms with Crippen LogP contribution >= 0.6 is 11.3 Å². The van der Waals surface area contributed by atoms with E-state index in [1.165, 1.54) is 23.5 Å². The molecule has 8 heteroatoms. The molecule has 1 N–H and O–H groups in total. The summed E-state index contributed by atoms with van der Waals surface area (Å²) in [5.74, 6) is 1.03. The van der Waals surface area contributed by atoms with Gasteiger partial charge in [0, 0.05) is 17.8 Å². The van der Waals surface area contributed by atoms with E-state index in [1.54, 1.807) is 0 Å². The SMILES string of the molecule is Cc1nc(C2CC2)nc2sc(C(=O)NCc3ccc(C(F)(F)F)cc3)c(C)c12. The summed E-state index contributed by atoms with van der Waals surface area (Å²) < 4.78 is 37.9. The molecule has 1 saturated carbocycles. The highest BCUT2D eigenvalue weighted by molar-refractivity contribution is 7.20. The number of hydrogen-bond acceptors (Lipinski definition) is 4. The molecule has 1 aliphatic rings. The number of benzene rings is 1. The first kappa shape index (κ1) is 18.9. The molecular formula is C20H18F3N3OS. The van der Waals surface area contributed by atoms with Crippen LogP contribution in [0.5, 0.6) is 0 Å². The van der Waals surface area contributed by atoms with E-state index < -0.39 is 11.7 Å². The zero-order valence-electron chi connectivity index (χ0n) is 15.4. The van der Waals surface area contributed by atoms with Crippen LogP contribution < -0.4 is 5.32 Å². The first-order chi connectivity index (χ1) is 13.2. The number of thiophene rings is 1. The van der Waals surface area contributed by atoms with Crippen molar-refractivity contribution in [3.8, 4) is 0 Å². The molecule has 2 aromatic heterocycles. The van der Waals surface area contributed by atoms with Crippen LogP contribution in [-0.4, -0.2) is 15.9 Å². The summed E-state index contributed by atoms with van der Waals surface area (Å²) in [7, 11) is 0. The molecule has 0 radical (unpaired) electrons. The number of nitrogens with zero attached hydrogens (tertiary/aromatic N) is 2. The van der Waals surface area contributed by atoms with Crippen molar-refractivity contribution in [2.45, 2.75) is 45.3 Å². The van der Waals surface area contributed by atoms with Crippen molar-refractivity contribution >= 4 is 27.5 Å². The normalized spacial score (nSPS) is 14.5. The quantitative estimate of drug-likeness (QED) is 0.654. The highest BCUT2D eigenvalue weighted by Gasteiger charge is 2.30. The fourth-order valence-corrected chi connectivity index (χ4v) is 4.33. The van der Waals surface area contributed by atoms with Gasteiger partial charge in [-0.1, -0.05) is 12.1 Å². The summed E-state index contributed by atoms with van der Waals surface area (Å²) in [6.45, 7) is 3.96. The van der Waals surface area contributed by atoms with Crippen LogP contribution in [0.4, 0.5) is 13.2 Å². The number of carbonyl (C=O) groups excluding carboxylic acids is 1. The predicted molar refractivity (Wildman–Crippen MR) is 101 cm³/mol. The lowest BCUT2D eigenvalue weighted by Gasteiger charge is -2.08. The highest BCUT2D eigenvalue weighted by Crippen LogP contribution is 2.40. The van der Waals surface area contributed by atoms with Crippen LogP contribution in [0.3, 0.4) is 0 Å². The highest BCUT2D eigenvalue weighted by atomic mass is 32.1. The van der Waals surface area contributed by atoms with E-state index in [1.807, 2.05) is 13.8 Å². The smallest absolute Gasteiger partial charge is 0.347 e. The first-order valence-corrected chi connectivity index (χ1v) is 9.77. The van der Waals surface area contributed by atoms with Crippen LogP contribution in [0.15, 0.2) is 24.3 Å². The lowest BCUT2D eigenvalue weighted by Crippen LogP contribution is -2.22. The number of halogens is 3. The molecular weight excluding hydrogens is 387 g/mol. The minimum absolute atomic E-state index is 0.155. The van der Waals surface area contributed by atoms with Crippen LogP contribution in [0.2, 0.25) is 0 Å². The Morgan fingerprint density at radius 1 is 1.18 bits per heavy atom. The summed E-state index contributed by atoms with van der Waals surface area (Å²) >= 11 is 1.33. The van der Waals surface area contributed by atoms with Crippen molar-refractivity contribution in [1.29, 1.82) is 0 Å². The molecule has 146 valence electrons. The molecule has 2 heterocycles. The molecule has 1 amide bonds. The summed E-state index contributed by atoms with van der Waals surface area (Å²) in [5.41, 5.74) is 1.61. The minimum Gasteiger partial charge on any atom is -0.347 e. The van der Waals surface area contributed by atoms with Gasteiger partial charge in [0.1, 0.15) is 10.7 Å². The molecule has 1 aliphatic carbocycles. The predicted octanol–water partition coefficient (Wildman–Crippen LogP) is 5.13. The molecule has 0 aliphatic heterocycles. The number of hydrogen-bond donors (Lipinski definition) is 1. The fourth-order valence-electron chi connectivity index (χ4n) is 3.17. The van der Waals surface area contributed by atoms with Gasteiger partial charge in [-0.3, -0.25) is 4.79 Å². The van der Waals surface area contributed by atoms with Gasteiger partial charge in [0.05, 0.1) is 16.1 Å². The summed E-state index contributed by atoms with van der Waals surface area (Å²) in [6, 6.07) is 4.78. The van der Waals surface area contributed by atoms with E-state index in [0.29, 0.717) is 16.4 Å². The van der Waals surface area contributed by atoms with Gasteiger partial charge >= 0.3 is 6.18 Å². The summed E-state index contributed by atoms with van der Waals surface area (Å²) in [5, 5.41) is 3.70. The number of nitrogens with one attached hydrogen (secondary N) is 1. The number of aromatic nitrogens is 2. The maximum atomic E-state index is 12.6. The topological polar surface area (TPSA) is 54.9 Å². The van der Waals surface area contributed by atoms with Crippen molar-refractivity contribution in [2.75, 3.05) is 0 Å². The van der Waals surface area contributed by atoms with Gasteiger partial charge in [0.2, 0.25) is 0 Å². The molecule has 4 nitrogen and oxygen atoms in total. The van der Waals surface area contributed by atoms with E-state index in [-0.39, 0.29) is 12.5 Å². The maximum absolute atomic E-state index is 12.6. The second-order valence-corrected chi connectivity index (χ2v) is 8.05. The Balaban J connectivity index is 1.52. The van der Waals surface area contributed by atoms with Gasteiger partial charge in [-0.25, -0.2) is 9.97 Å². The molecule has 3 aromatic rings. The summed E-state index contributed by atoms with van der Waals surface area (Å²) in [6.07, 6.45) is -2.15. The van der Waals surface area contributed by atoms with Crippen LogP contribution in [0.1, 0.15) is 56.6 Å². The standard InChI is InChI=1S/C20H18F3N3OS/c1-10-15-11(2)25-17(13-5-6-13)26-19(15)28-16(10)18(27)24-9-12-3-7-14(8-4-12)20(21,22)23/h3-4,7-8,13H,5-6,9H2,1-2H3,(H,24,27). The van der Waals surface area contributed by atoms with Gasteiger partial charge < -0.3 is 5.32 Å². The van der Waals surface area contributed by atoms with Crippen molar-refractivity contribution in [3.05, 3.63) is 57.4 Å². The monoisotopic (exact) mass is 405 g/mol. The minimum atomic E-state index is -4.37. The zero-order chi connectivity index (χ0) is 20.1. The zero-order valence-corrected chi connectivity index (χ0v) is 16.2. The molecule has 0 saturated heterocycles. The van der Waals surface area contributed by atoms with Gasteiger partial charge in [0.25, 0.3) is 5.91 Å². The largest absolute Gasteiger partial charge is 0.416 e. The molecule has 0 atom stereocenters. The average molecular weight is 405 g/mol. The van der Waals surface area contributed by atoms with Gasteiger partial charge in [-0.05, 0) is 49.9 Å². The van der Waals surface area contributed by atoms with E-state index in [0.717, 1.165) is 52.3 Å². The first-order valence-electron chi connectivity index (χ1n) is 8.96. The number of amides is 1. The van der Waals surface area contributed by atoms with Crippen molar-refractivity contribution < 1.29 is 18.0 Å². The Kier molecular flexibility index (Phi) is 4.61. The molecule has 28 heavy (non-hydrogen) atoms. The second-order valence-electron chi connectivity index (χ2n) is 7.06. The third-order valence-corrected chi connectivity index (χ3v) is 6.06. The van der Waals surface area contributed by atoms with E-state index in [9.17, 15) is 18.0 Å². The number of fused-ring (bicyclic) bond motifs is 1. The van der Waals surface area contributed by atoms with Crippen LogP contribution in [0, 0.1) is 13.8 Å². The Morgan fingerprint density at radius 2 is 1.86 bits per heavy atom. The van der Waals surface area contributed by atoms with Crippen LogP contribution in [-0.2, 0) is 12.7 Å². The third-order valence-electron chi connectivity index (χ3n) is 4.87. The van der Waals surface area contributed by atoms with Crippen molar-refractivity contribution in [3.63, 3.8) is 0 Å². The van der Waals surface area contributed by atoms with E-state index >= 15 is 0 Å². The van der Waals surface area contributed by atoms with Gasteiger partial charge in [-0.2, -0.15) is 13.2 Å². The van der Waals surface area contributed by atoms with E-state index in [2.05, 4.69) is 15.3 Å². The Hall–Kier alpha value is -2.48. The Morgan fingerprint density at radius 3 is 2.46 bits per heavy atom. The summed E-state index contributed by atoms with van der Waals surface area (Å²) in [4.78, 5) is 23.2. The number of carbonyl (C=O) groups is 1. The van der Waals surface area contributed by atoms with Crippen molar-refractivity contribution in [1.82, 2.24) is 15.3 Å². The lowest BCUT2D eigenvalue weighted by atomic mass is 10.1. The van der Waals surface area contributed by atoms with Crippen molar-refractivity contribution in [2.24, 2.45) is 0 Å². The number of rotatable bonds is 4.